The van der Waals surface area contributed by atoms with Crippen LogP contribution in [-0.4, -0.2) is 40.1 Å². The highest BCUT2D eigenvalue weighted by molar-refractivity contribution is 5.80. The molecule has 154 valence electrons. The smallest absolute Gasteiger partial charge is 0.180 e. The normalized spacial score (nSPS) is 11.3. The van der Waals surface area contributed by atoms with Gasteiger partial charge >= 0.3 is 0 Å². The van der Waals surface area contributed by atoms with E-state index in [4.69, 9.17) is 4.98 Å². The predicted octanol–water partition coefficient (Wildman–Crippen LogP) is 4.06. The van der Waals surface area contributed by atoms with E-state index >= 15 is 0 Å². The van der Waals surface area contributed by atoms with Crippen LogP contribution in [-0.2, 0) is 13.0 Å². The van der Waals surface area contributed by atoms with Gasteiger partial charge in [0.15, 0.2) is 11.5 Å². The van der Waals surface area contributed by atoms with Crippen molar-refractivity contribution < 1.29 is 0 Å². The molecule has 2 aromatic carbocycles. The average molecular weight is 410 g/mol. The number of rotatable bonds is 7. The van der Waals surface area contributed by atoms with Gasteiger partial charge in [-0.1, -0.05) is 61.9 Å². The summed E-state index contributed by atoms with van der Waals surface area (Å²) in [6.45, 7) is 2.92. The zero-order valence-electron chi connectivity index (χ0n) is 17.2. The Kier molecular flexibility index (Phi) is 5.18. The fourth-order valence-electron chi connectivity index (χ4n) is 3.80. The predicted molar refractivity (Wildman–Crippen MR) is 118 cm³/mol. The molecule has 0 spiro atoms. The molecule has 0 aliphatic rings. The lowest BCUT2D eigenvalue weighted by molar-refractivity contribution is 0.686. The highest BCUT2D eigenvalue weighted by Gasteiger charge is 2.13. The van der Waals surface area contributed by atoms with Gasteiger partial charge in [0.05, 0.1) is 12.7 Å². The number of aryl methyl sites for hydroxylation is 1. The molecule has 8 heteroatoms. The molecule has 0 saturated heterocycles. The van der Waals surface area contributed by atoms with Gasteiger partial charge in [0.1, 0.15) is 17.7 Å². The van der Waals surface area contributed by atoms with Crippen LogP contribution in [0.2, 0.25) is 0 Å². The topological polar surface area (TPSA) is 98.1 Å². The molecule has 0 unspecified atom stereocenters. The van der Waals surface area contributed by atoms with E-state index in [9.17, 15) is 0 Å². The van der Waals surface area contributed by atoms with Gasteiger partial charge < -0.3 is 4.57 Å². The van der Waals surface area contributed by atoms with Crippen molar-refractivity contribution in [2.75, 3.05) is 0 Å². The van der Waals surface area contributed by atoms with E-state index in [0.29, 0.717) is 5.82 Å². The van der Waals surface area contributed by atoms with Crippen LogP contribution in [0.15, 0.2) is 61.1 Å². The van der Waals surface area contributed by atoms with Crippen LogP contribution in [0, 0.1) is 0 Å². The standard InChI is InChI=1S/C23H22N8/c1-2-3-8-21-26-20-13-24-15-25-23(20)31(21)14-16-9-11-17(12-10-16)18-6-4-5-7-19(18)22-27-29-30-28-22/h4-7,9-13,15H,2-3,8,14H2,1H3,(H,27,28,29,30). The Morgan fingerprint density at radius 2 is 1.84 bits per heavy atom. The van der Waals surface area contributed by atoms with Gasteiger partial charge in [-0.05, 0) is 33.5 Å². The summed E-state index contributed by atoms with van der Waals surface area (Å²) in [5, 5.41) is 14.3. The summed E-state index contributed by atoms with van der Waals surface area (Å²) in [5.41, 5.74) is 6.09. The Balaban J connectivity index is 1.46. The number of hydrogen-bond donors (Lipinski definition) is 1. The Bertz CT molecular complexity index is 1290. The molecule has 3 aromatic heterocycles. The molecule has 5 aromatic rings. The summed E-state index contributed by atoms with van der Waals surface area (Å²) in [5.74, 6) is 1.72. The number of fused-ring (bicyclic) bond motifs is 1. The number of tetrazole rings is 1. The molecule has 0 aliphatic carbocycles. The fraction of sp³-hybridized carbons (Fsp3) is 0.217. The molecular formula is C23H22N8. The second-order valence-electron chi connectivity index (χ2n) is 7.44. The second-order valence-corrected chi connectivity index (χ2v) is 7.44. The molecule has 0 atom stereocenters. The molecular weight excluding hydrogens is 388 g/mol. The first-order chi connectivity index (χ1) is 15.3. The van der Waals surface area contributed by atoms with E-state index < -0.39 is 0 Å². The van der Waals surface area contributed by atoms with Gasteiger partial charge in [-0.15, -0.1) is 5.10 Å². The fourth-order valence-corrected chi connectivity index (χ4v) is 3.80. The highest BCUT2D eigenvalue weighted by atomic mass is 15.5. The van der Waals surface area contributed by atoms with Crippen LogP contribution < -0.4 is 0 Å². The van der Waals surface area contributed by atoms with Gasteiger partial charge in [0.2, 0.25) is 0 Å². The van der Waals surface area contributed by atoms with Crippen molar-refractivity contribution in [1.82, 2.24) is 40.1 Å². The summed E-state index contributed by atoms with van der Waals surface area (Å²) >= 11 is 0. The molecule has 0 fully saturated rings. The quantitative estimate of drug-likeness (QED) is 0.434. The number of nitrogens with one attached hydrogen (secondary N) is 1. The number of aromatic amines is 1. The van der Waals surface area contributed by atoms with Crippen molar-refractivity contribution in [3.63, 3.8) is 0 Å². The van der Waals surface area contributed by atoms with E-state index in [1.807, 2.05) is 18.2 Å². The summed E-state index contributed by atoms with van der Waals surface area (Å²) in [6, 6.07) is 16.7. The number of aromatic nitrogens is 8. The molecule has 0 saturated carbocycles. The lowest BCUT2D eigenvalue weighted by Crippen LogP contribution is -2.06. The first kappa shape index (κ1) is 19.0. The third-order valence-electron chi connectivity index (χ3n) is 5.38. The van der Waals surface area contributed by atoms with Crippen molar-refractivity contribution in [1.29, 1.82) is 0 Å². The lowest BCUT2D eigenvalue weighted by Gasteiger charge is -2.11. The second kappa shape index (κ2) is 8.43. The highest BCUT2D eigenvalue weighted by Crippen LogP contribution is 2.30. The first-order valence-electron chi connectivity index (χ1n) is 10.4. The van der Waals surface area contributed by atoms with Crippen LogP contribution in [0.3, 0.4) is 0 Å². The summed E-state index contributed by atoms with van der Waals surface area (Å²) < 4.78 is 2.20. The van der Waals surface area contributed by atoms with E-state index in [2.05, 4.69) is 72.4 Å². The Hall–Kier alpha value is -3.94. The number of unbranched alkanes of at least 4 members (excludes halogenated alkanes) is 1. The van der Waals surface area contributed by atoms with Crippen molar-refractivity contribution in [3.05, 3.63) is 72.4 Å². The third kappa shape index (κ3) is 3.79. The first-order valence-corrected chi connectivity index (χ1v) is 10.4. The molecule has 31 heavy (non-hydrogen) atoms. The van der Waals surface area contributed by atoms with Crippen molar-refractivity contribution in [2.45, 2.75) is 32.7 Å². The Labute approximate surface area is 179 Å². The minimum absolute atomic E-state index is 0.657. The van der Waals surface area contributed by atoms with Gasteiger partial charge in [0, 0.05) is 12.0 Å². The third-order valence-corrected chi connectivity index (χ3v) is 5.38. The molecule has 3 heterocycles. The monoisotopic (exact) mass is 410 g/mol. The van der Waals surface area contributed by atoms with Crippen LogP contribution in [0.5, 0.6) is 0 Å². The zero-order valence-corrected chi connectivity index (χ0v) is 17.2. The molecule has 1 N–H and O–H groups in total. The molecule has 5 rings (SSSR count). The summed E-state index contributed by atoms with van der Waals surface area (Å²) in [6.07, 6.45) is 6.53. The lowest BCUT2D eigenvalue weighted by atomic mass is 9.98. The van der Waals surface area contributed by atoms with Crippen molar-refractivity contribution >= 4 is 11.2 Å². The number of nitrogens with zero attached hydrogens (tertiary/aromatic N) is 7. The maximum absolute atomic E-state index is 4.77. The van der Waals surface area contributed by atoms with Crippen LogP contribution in [0.1, 0.15) is 31.2 Å². The molecule has 0 amide bonds. The van der Waals surface area contributed by atoms with Gasteiger partial charge in [-0.3, -0.25) is 0 Å². The Morgan fingerprint density at radius 3 is 2.61 bits per heavy atom. The molecule has 0 bridgehead atoms. The van der Waals surface area contributed by atoms with E-state index in [1.54, 1.807) is 12.5 Å². The van der Waals surface area contributed by atoms with E-state index in [0.717, 1.165) is 59.5 Å². The largest absolute Gasteiger partial charge is 0.308 e. The van der Waals surface area contributed by atoms with Crippen LogP contribution in [0.4, 0.5) is 0 Å². The van der Waals surface area contributed by atoms with Crippen LogP contribution in [0.25, 0.3) is 33.7 Å². The summed E-state index contributed by atoms with van der Waals surface area (Å²) in [7, 11) is 0. The van der Waals surface area contributed by atoms with Crippen LogP contribution >= 0.6 is 0 Å². The molecule has 8 nitrogen and oxygen atoms in total. The average Bonchev–Trinajstić information content (AvgIpc) is 3.47. The number of hydrogen-bond acceptors (Lipinski definition) is 6. The van der Waals surface area contributed by atoms with Gasteiger partial charge in [-0.2, -0.15) is 0 Å². The minimum Gasteiger partial charge on any atom is -0.308 e. The Morgan fingerprint density at radius 1 is 1.00 bits per heavy atom. The van der Waals surface area contributed by atoms with E-state index in [1.165, 1.54) is 5.56 Å². The summed E-state index contributed by atoms with van der Waals surface area (Å²) in [4.78, 5) is 13.4. The number of H-pyrrole nitrogens is 1. The maximum Gasteiger partial charge on any atom is 0.180 e. The minimum atomic E-state index is 0.657. The van der Waals surface area contributed by atoms with Crippen molar-refractivity contribution in [2.24, 2.45) is 0 Å². The molecule has 0 radical (unpaired) electrons. The zero-order chi connectivity index (χ0) is 21.0. The molecule has 0 aliphatic heterocycles. The van der Waals surface area contributed by atoms with Gasteiger partial charge in [-0.25, -0.2) is 20.1 Å². The van der Waals surface area contributed by atoms with Crippen molar-refractivity contribution in [3.8, 4) is 22.5 Å². The SMILES string of the molecule is CCCCc1nc2cncnc2n1Cc1ccc(-c2ccccc2-c2nnn[nH]2)cc1. The van der Waals surface area contributed by atoms with E-state index in [-0.39, 0.29) is 0 Å². The maximum atomic E-state index is 4.77. The number of imidazole rings is 1. The number of benzene rings is 2. The van der Waals surface area contributed by atoms with Gasteiger partial charge in [0.25, 0.3) is 0 Å².